The number of rotatable bonds is 9. The van der Waals surface area contributed by atoms with Crippen LogP contribution in [0, 0.1) is 11.8 Å². The Labute approximate surface area is 211 Å². The average Bonchev–Trinajstić information content (AvgIpc) is 3.61. The quantitative estimate of drug-likeness (QED) is 0.432. The second-order valence-corrected chi connectivity index (χ2v) is 11.3. The predicted molar refractivity (Wildman–Crippen MR) is 144 cm³/mol. The number of hydrogen-bond acceptors (Lipinski definition) is 4. The summed E-state index contributed by atoms with van der Waals surface area (Å²) in [6.45, 7) is 12.3. The van der Waals surface area contributed by atoms with Gasteiger partial charge in [-0.25, -0.2) is 4.79 Å². The minimum atomic E-state index is -0.466. The fourth-order valence-electron chi connectivity index (χ4n) is 5.07. The Balaban J connectivity index is 1.17. The van der Waals surface area contributed by atoms with Crippen molar-refractivity contribution in [3.8, 4) is 0 Å². The third-order valence-electron chi connectivity index (χ3n) is 7.20. The number of benzene rings is 2. The van der Waals surface area contributed by atoms with Gasteiger partial charge in [-0.15, -0.1) is 0 Å². The number of carbonyl (C=O) groups is 1. The minimum Gasteiger partial charge on any atom is -0.456 e. The molecule has 0 unspecified atom stereocenters. The number of piperidine rings is 1. The van der Waals surface area contributed by atoms with E-state index in [-0.39, 0.29) is 5.97 Å². The van der Waals surface area contributed by atoms with Crippen molar-refractivity contribution >= 4 is 12.0 Å². The SMILES string of the molecule is CC/C(=C\c1ccccc1)[C@@H]1C[C@H]1NCC1CCN(Cc2ccc(C(=O)OC(C)(C)C)cc2)CC1. The van der Waals surface area contributed by atoms with Crippen molar-refractivity contribution < 1.29 is 9.53 Å². The van der Waals surface area contributed by atoms with E-state index in [9.17, 15) is 4.79 Å². The number of esters is 1. The number of hydrogen-bond donors (Lipinski definition) is 1. The Bertz CT molecular complexity index is 983. The van der Waals surface area contributed by atoms with E-state index < -0.39 is 5.60 Å². The lowest BCUT2D eigenvalue weighted by Crippen LogP contribution is -2.37. The normalized spacial score (nSPS) is 21.7. The van der Waals surface area contributed by atoms with E-state index in [4.69, 9.17) is 4.74 Å². The lowest BCUT2D eigenvalue weighted by Gasteiger charge is -2.32. The smallest absolute Gasteiger partial charge is 0.338 e. The number of carbonyl (C=O) groups excluding carboxylic acids is 1. The Morgan fingerprint density at radius 1 is 1.06 bits per heavy atom. The van der Waals surface area contributed by atoms with Crippen LogP contribution in [0.4, 0.5) is 0 Å². The Morgan fingerprint density at radius 3 is 2.37 bits per heavy atom. The molecule has 4 nitrogen and oxygen atoms in total. The van der Waals surface area contributed by atoms with Gasteiger partial charge in [0.2, 0.25) is 0 Å². The summed E-state index contributed by atoms with van der Waals surface area (Å²) < 4.78 is 5.46. The molecule has 1 aliphatic heterocycles. The summed E-state index contributed by atoms with van der Waals surface area (Å²) in [5.74, 6) is 1.23. The van der Waals surface area contributed by atoms with Crippen molar-refractivity contribution in [1.29, 1.82) is 0 Å². The van der Waals surface area contributed by atoms with E-state index in [1.165, 1.54) is 30.4 Å². The van der Waals surface area contributed by atoms with Gasteiger partial charge in [-0.2, -0.15) is 0 Å². The third-order valence-corrected chi connectivity index (χ3v) is 7.20. The van der Waals surface area contributed by atoms with Gasteiger partial charge in [-0.1, -0.05) is 61.0 Å². The number of ether oxygens (including phenoxy) is 1. The van der Waals surface area contributed by atoms with Crippen LogP contribution in [0.25, 0.3) is 6.08 Å². The first kappa shape index (κ1) is 25.7. The second-order valence-electron chi connectivity index (χ2n) is 11.3. The summed E-state index contributed by atoms with van der Waals surface area (Å²) in [6, 6.07) is 19.3. The fourth-order valence-corrected chi connectivity index (χ4v) is 5.07. The molecule has 1 heterocycles. The maximum absolute atomic E-state index is 12.2. The van der Waals surface area contributed by atoms with Crippen LogP contribution in [-0.2, 0) is 11.3 Å². The zero-order valence-corrected chi connectivity index (χ0v) is 21.9. The zero-order chi connectivity index (χ0) is 24.8. The summed E-state index contributed by atoms with van der Waals surface area (Å²) in [5, 5.41) is 3.87. The Hall–Kier alpha value is -2.43. The molecule has 1 saturated heterocycles. The maximum atomic E-state index is 12.2. The van der Waals surface area contributed by atoms with E-state index in [1.807, 2.05) is 32.9 Å². The van der Waals surface area contributed by atoms with E-state index in [0.717, 1.165) is 38.5 Å². The molecule has 2 atom stereocenters. The van der Waals surface area contributed by atoms with E-state index >= 15 is 0 Å². The summed E-state index contributed by atoms with van der Waals surface area (Å²) >= 11 is 0. The van der Waals surface area contributed by atoms with Crippen molar-refractivity contribution in [2.24, 2.45) is 11.8 Å². The van der Waals surface area contributed by atoms with Gasteiger partial charge in [-0.3, -0.25) is 4.90 Å². The molecule has 35 heavy (non-hydrogen) atoms. The molecule has 1 N–H and O–H groups in total. The van der Waals surface area contributed by atoms with Gasteiger partial charge in [0.1, 0.15) is 5.60 Å². The van der Waals surface area contributed by atoms with Crippen LogP contribution in [0.3, 0.4) is 0 Å². The van der Waals surface area contributed by atoms with Gasteiger partial charge in [-0.05, 0) is 101 Å². The number of nitrogens with zero attached hydrogens (tertiary/aromatic N) is 1. The van der Waals surface area contributed by atoms with Crippen LogP contribution < -0.4 is 5.32 Å². The molecule has 4 rings (SSSR count). The van der Waals surface area contributed by atoms with Crippen LogP contribution in [0.2, 0.25) is 0 Å². The summed E-state index contributed by atoms with van der Waals surface area (Å²) in [5.41, 5.74) is 4.32. The first-order chi connectivity index (χ1) is 16.8. The first-order valence-corrected chi connectivity index (χ1v) is 13.3. The van der Waals surface area contributed by atoms with E-state index in [1.54, 1.807) is 5.57 Å². The lowest BCUT2D eigenvalue weighted by molar-refractivity contribution is 0.00695. The molecule has 2 aromatic rings. The summed E-state index contributed by atoms with van der Waals surface area (Å²) in [4.78, 5) is 14.8. The van der Waals surface area contributed by atoms with Crippen molar-refractivity contribution in [3.63, 3.8) is 0 Å². The molecule has 188 valence electrons. The highest BCUT2D eigenvalue weighted by molar-refractivity contribution is 5.89. The number of nitrogens with one attached hydrogen (secondary N) is 1. The molecule has 2 aliphatic rings. The summed E-state index contributed by atoms with van der Waals surface area (Å²) in [6.07, 6.45) is 7.31. The van der Waals surface area contributed by atoms with Gasteiger partial charge in [0.25, 0.3) is 0 Å². The third kappa shape index (κ3) is 7.78. The van der Waals surface area contributed by atoms with Gasteiger partial charge >= 0.3 is 5.97 Å². The fraction of sp³-hybridized carbons (Fsp3) is 0.516. The van der Waals surface area contributed by atoms with Gasteiger partial charge in [0, 0.05) is 12.6 Å². The Morgan fingerprint density at radius 2 is 1.74 bits per heavy atom. The molecule has 0 spiro atoms. The van der Waals surface area contributed by atoms with Crippen LogP contribution >= 0.6 is 0 Å². The highest BCUT2D eigenvalue weighted by Gasteiger charge is 2.39. The van der Waals surface area contributed by atoms with Crippen LogP contribution in [0.1, 0.15) is 74.9 Å². The largest absolute Gasteiger partial charge is 0.456 e. The lowest BCUT2D eigenvalue weighted by atomic mass is 9.96. The van der Waals surface area contributed by atoms with Gasteiger partial charge < -0.3 is 10.1 Å². The highest BCUT2D eigenvalue weighted by Crippen LogP contribution is 2.40. The Kier molecular flexibility index (Phi) is 8.46. The molecule has 1 saturated carbocycles. The molecule has 2 aromatic carbocycles. The standard InChI is InChI=1S/C31H42N2O2/c1-5-26(19-23-9-7-6-8-10-23)28-20-29(28)32-21-24-15-17-33(18-16-24)22-25-11-13-27(14-12-25)30(34)35-31(2,3)4/h6-14,19,24,28-29,32H,5,15-18,20-22H2,1-4H3/b26-19+/t28-,29+/m0/s1. The molecule has 2 fully saturated rings. The van der Waals surface area contributed by atoms with E-state index in [2.05, 4.69) is 65.7 Å². The second kappa shape index (κ2) is 11.5. The van der Waals surface area contributed by atoms with Crippen molar-refractivity contribution in [3.05, 3.63) is 76.9 Å². The molecule has 0 amide bonds. The molecular weight excluding hydrogens is 432 g/mol. The van der Waals surface area contributed by atoms with Crippen LogP contribution in [0.15, 0.2) is 60.2 Å². The van der Waals surface area contributed by atoms with Crippen molar-refractivity contribution in [2.45, 2.75) is 71.6 Å². The van der Waals surface area contributed by atoms with Crippen molar-refractivity contribution in [2.75, 3.05) is 19.6 Å². The first-order valence-electron chi connectivity index (χ1n) is 13.3. The zero-order valence-electron chi connectivity index (χ0n) is 21.9. The highest BCUT2D eigenvalue weighted by atomic mass is 16.6. The van der Waals surface area contributed by atoms with Crippen LogP contribution in [-0.4, -0.2) is 42.1 Å². The number of likely N-dealkylation sites (tertiary alicyclic amines) is 1. The molecule has 1 aliphatic carbocycles. The topological polar surface area (TPSA) is 41.6 Å². The van der Waals surface area contributed by atoms with Gasteiger partial charge in [0.05, 0.1) is 5.56 Å². The molecule has 4 heteroatoms. The molecule has 0 bridgehead atoms. The predicted octanol–water partition coefficient (Wildman–Crippen LogP) is 6.33. The van der Waals surface area contributed by atoms with Crippen molar-refractivity contribution in [1.82, 2.24) is 10.2 Å². The molecule has 0 radical (unpaired) electrons. The molecular formula is C31H42N2O2. The van der Waals surface area contributed by atoms with Crippen LogP contribution in [0.5, 0.6) is 0 Å². The minimum absolute atomic E-state index is 0.253. The molecule has 0 aromatic heterocycles. The summed E-state index contributed by atoms with van der Waals surface area (Å²) in [7, 11) is 0. The monoisotopic (exact) mass is 474 g/mol. The van der Waals surface area contributed by atoms with E-state index in [0.29, 0.717) is 17.5 Å². The average molecular weight is 475 g/mol. The maximum Gasteiger partial charge on any atom is 0.338 e. The van der Waals surface area contributed by atoms with Gasteiger partial charge in [0.15, 0.2) is 0 Å².